The molecule has 1 aliphatic heterocycles. The first kappa shape index (κ1) is 19.1. The van der Waals surface area contributed by atoms with Crippen molar-refractivity contribution >= 4 is 27.9 Å². The standard InChI is InChI=1S/C17H21BrN2O5/c1-5-8(2)25-16(22)13-9(3)19-17(23)20-14(13)10-6-11(18)15(21)12(7-10)24-4/h6-8,14,21H,5H2,1-4H3,(H2,19,20,23)/t8-,14+/m0/s1. The van der Waals surface area contributed by atoms with Gasteiger partial charge in [0.25, 0.3) is 0 Å². The van der Waals surface area contributed by atoms with E-state index < -0.39 is 18.0 Å². The number of phenols is 1. The highest BCUT2D eigenvalue weighted by Crippen LogP contribution is 2.39. The number of allylic oxidation sites excluding steroid dienone is 1. The molecule has 2 rings (SSSR count). The summed E-state index contributed by atoms with van der Waals surface area (Å²) in [6.07, 6.45) is 0.438. The fourth-order valence-electron chi connectivity index (χ4n) is 2.46. The first-order chi connectivity index (χ1) is 11.8. The molecule has 25 heavy (non-hydrogen) atoms. The number of carbonyl (C=O) groups excluding carboxylic acids is 2. The summed E-state index contributed by atoms with van der Waals surface area (Å²) in [4.78, 5) is 24.5. The van der Waals surface area contributed by atoms with Crippen LogP contribution in [0, 0.1) is 0 Å². The van der Waals surface area contributed by atoms with Crippen LogP contribution in [0.25, 0.3) is 0 Å². The molecular weight excluding hydrogens is 392 g/mol. The molecule has 0 aromatic heterocycles. The quantitative estimate of drug-likeness (QED) is 0.645. The number of urea groups is 1. The van der Waals surface area contributed by atoms with E-state index in [0.717, 1.165) is 0 Å². The van der Waals surface area contributed by atoms with Crippen molar-refractivity contribution < 1.29 is 24.2 Å². The average Bonchev–Trinajstić information content (AvgIpc) is 2.56. The average molecular weight is 413 g/mol. The maximum absolute atomic E-state index is 12.6. The monoisotopic (exact) mass is 412 g/mol. The van der Waals surface area contributed by atoms with E-state index in [0.29, 0.717) is 27.7 Å². The van der Waals surface area contributed by atoms with Crippen molar-refractivity contribution in [1.82, 2.24) is 10.6 Å². The van der Waals surface area contributed by atoms with Gasteiger partial charge in [0.2, 0.25) is 0 Å². The molecule has 0 unspecified atom stereocenters. The maximum Gasteiger partial charge on any atom is 0.338 e. The predicted molar refractivity (Wildman–Crippen MR) is 95.3 cm³/mol. The predicted octanol–water partition coefficient (Wildman–Crippen LogP) is 3.13. The van der Waals surface area contributed by atoms with E-state index >= 15 is 0 Å². The van der Waals surface area contributed by atoms with Gasteiger partial charge >= 0.3 is 12.0 Å². The number of aromatic hydroxyl groups is 1. The van der Waals surface area contributed by atoms with Gasteiger partial charge < -0.3 is 25.2 Å². The minimum absolute atomic E-state index is 0.0593. The first-order valence-corrected chi connectivity index (χ1v) is 8.63. The number of ether oxygens (including phenoxy) is 2. The Kier molecular flexibility index (Phi) is 5.94. The first-order valence-electron chi connectivity index (χ1n) is 7.84. The van der Waals surface area contributed by atoms with Crippen LogP contribution in [0.5, 0.6) is 11.5 Å². The highest BCUT2D eigenvalue weighted by Gasteiger charge is 2.33. The Morgan fingerprint density at radius 2 is 2.12 bits per heavy atom. The molecule has 1 aliphatic rings. The second-order valence-corrected chi connectivity index (χ2v) is 6.60. The molecule has 2 atom stereocenters. The van der Waals surface area contributed by atoms with Crippen molar-refractivity contribution in [3.63, 3.8) is 0 Å². The van der Waals surface area contributed by atoms with Crippen LogP contribution in [0.15, 0.2) is 27.9 Å². The number of nitrogens with one attached hydrogen (secondary N) is 2. The highest BCUT2D eigenvalue weighted by molar-refractivity contribution is 9.10. The van der Waals surface area contributed by atoms with Gasteiger partial charge in [-0.05, 0) is 53.9 Å². The van der Waals surface area contributed by atoms with Gasteiger partial charge in [0.1, 0.15) is 0 Å². The van der Waals surface area contributed by atoms with Crippen LogP contribution in [0.3, 0.4) is 0 Å². The minimum atomic E-state index is -0.726. The van der Waals surface area contributed by atoms with Crippen molar-refractivity contribution in [3.05, 3.63) is 33.4 Å². The molecule has 7 nitrogen and oxygen atoms in total. The van der Waals surface area contributed by atoms with E-state index in [1.807, 2.05) is 6.92 Å². The Balaban J connectivity index is 2.49. The molecule has 3 N–H and O–H groups in total. The van der Waals surface area contributed by atoms with E-state index in [1.54, 1.807) is 26.0 Å². The molecule has 8 heteroatoms. The van der Waals surface area contributed by atoms with Gasteiger partial charge in [-0.1, -0.05) is 6.92 Å². The van der Waals surface area contributed by atoms with E-state index in [1.165, 1.54) is 7.11 Å². The van der Waals surface area contributed by atoms with Gasteiger partial charge in [-0.25, -0.2) is 9.59 Å². The van der Waals surface area contributed by atoms with E-state index in [2.05, 4.69) is 26.6 Å². The lowest BCUT2D eigenvalue weighted by Gasteiger charge is -2.29. The molecule has 0 bridgehead atoms. The van der Waals surface area contributed by atoms with Crippen molar-refractivity contribution in [3.8, 4) is 11.5 Å². The Morgan fingerprint density at radius 3 is 2.72 bits per heavy atom. The lowest BCUT2D eigenvalue weighted by atomic mass is 9.95. The number of halogens is 1. The number of carbonyl (C=O) groups is 2. The second kappa shape index (κ2) is 7.77. The summed E-state index contributed by atoms with van der Waals surface area (Å²) in [5.41, 5.74) is 1.30. The normalized spacial score (nSPS) is 18.3. The minimum Gasteiger partial charge on any atom is -0.503 e. The lowest BCUT2D eigenvalue weighted by molar-refractivity contribution is -0.144. The third-order valence-electron chi connectivity index (χ3n) is 3.98. The van der Waals surface area contributed by atoms with Gasteiger partial charge in [-0.3, -0.25) is 0 Å². The Bertz CT molecular complexity index is 732. The SMILES string of the molecule is CC[C@H](C)OC(=O)C1=C(C)NC(=O)N[C@@H]1c1cc(Br)c(O)c(OC)c1. The number of benzene rings is 1. The fourth-order valence-corrected chi connectivity index (χ4v) is 2.92. The number of methoxy groups -OCH3 is 1. The van der Waals surface area contributed by atoms with Gasteiger partial charge in [0.15, 0.2) is 11.5 Å². The molecule has 1 aromatic rings. The molecule has 2 amide bonds. The molecule has 0 saturated heterocycles. The van der Waals surface area contributed by atoms with Crippen LogP contribution in [0.4, 0.5) is 4.79 Å². The zero-order valence-corrected chi connectivity index (χ0v) is 16.1. The number of amides is 2. The smallest absolute Gasteiger partial charge is 0.338 e. The Hall–Kier alpha value is -2.22. The topological polar surface area (TPSA) is 96.9 Å². The van der Waals surface area contributed by atoms with Gasteiger partial charge in [-0.15, -0.1) is 0 Å². The number of phenolic OH excluding ortho intramolecular Hbond substituents is 1. The summed E-state index contributed by atoms with van der Waals surface area (Å²) in [6.45, 7) is 5.36. The summed E-state index contributed by atoms with van der Waals surface area (Å²) in [6, 6.07) is 2.04. The molecule has 0 fully saturated rings. The molecule has 136 valence electrons. The number of rotatable bonds is 5. The van der Waals surface area contributed by atoms with Crippen LogP contribution in [0.2, 0.25) is 0 Å². The zero-order chi connectivity index (χ0) is 18.7. The Morgan fingerprint density at radius 1 is 1.44 bits per heavy atom. The third-order valence-corrected chi connectivity index (χ3v) is 4.58. The molecule has 0 aliphatic carbocycles. The maximum atomic E-state index is 12.6. The van der Waals surface area contributed by atoms with Crippen molar-refractivity contribution in [2.45, 2.75) is 39.3 Å². The van der Waals surface area contributed by atoms with E-state index in [9.17, 15) is 14.7 Å². The van der Waals surface area contributed by atoms with Crippen LogP contribution in [-0.4, -0.2) is 30.3 Å². The zero-order valence-electron chi connectivity index (χ0n) is 14.5. The molecule has 0 saturated carbocycles. The van der Waals surface area contributed by atoms with Gasteiger partial charge in [0.05, 0.1) is 29.3 Å². The van der Waals surface area contributed by atoms with Crippen LogP contribution in [-0.2, 0) is 9.53 Å². The molecule has 0 spiro atoms. The van der Waals surface area contributed by atoms with E-state index in [-0.39, 0.29) is 17.6 Å². The van der Waals surface area contributed by atoms with Crippen molar-refractivity contribution in [1.29, 1.82) is 0 Å². The van der Waals surface area contributed by atoms with Crippen molar-refractivity contribution in [2.75, 3.05) is 7.11 Å². The lowest BCUT2D eigenvalue weighted by Crippen LogP contribution is -2.45. The van der Waals surface area contributed by atoms with Gasteiger partial charge in [-0.2, -0.15) is 0 Å². The summed E-state index contributed by atoms with van der Waals surface area (Å²) in [5, 5.41) is 15.3. The molecule has 1 aromatic carbocycles. The second-order valence-electron chi connectivity index (χ2n) is 5.75. The van der Waals surface area contributed by atoms with Crippen molar-refractivity contribution in [2.24, 2.45) is 0 Å². The third kappa shape index (κ3) is 4.07. The van der Waals surface area contributed by atoms with Crippen LogP contribution < -0.4 is 15.4 Å². The number of hydrogen-bond acceptors (Lipinski definition) is 5. The number of esters is 1. The number of hydrogen-bond donors (Lipinski definition) is 3. The summed E-state index contributed by atoms with van der Waals surface area (Å²) in [7, 11) is 1.42. The highest BCUT2D eigenvalue weighted by atomic mass is 79.9. The largest absolute Gasteiger partial charge is 0.503 e. The summed E-state index contributed by atoms with van der Waals surface area (Å²) >= 11 is 3.25. The van der Waals surface area contributed by atoms with E-state index in [4.69, 9.17) is 9.47 Å². The summed E-state index contributed by atoms with van der Waals surface area (Å²) < 4.78 is 11.0. The van der Waals surface area contributed by atoms with Crippen LogP contribution >= 0.6 is 15.9 Å². The molecular formula is C17H21BrN2O5. The fraction of sp³-hybridized carbons (Fsp3) is 0.412. The van der Waals surface area contributed by atoms with Gasteiger partial charge in [0, 0.05) is 5.70 Å². The molecule has 0 radical (unpaired) electrons. The van der Waals surface area contributed by atoms with Crippen LogP contribution in [0.1, 0.15) is 38.8 Å². The molecule has 1 heterocycles. The summed E-state index contributed by atoms with van der Waals surface area (Å²) in [5.74, 6) is -0.340. The Labute approximate surface area is 154 Å².